The van der Waals surface area contributed by atoms with Gasteiger partial charge in [0.05, 0.1) is 0 Å². The Morgan fingerprint density at radius 2 is 1.18 bits per heavy atom. The van der Waals surface area contributed by atoms with Gasteiger partial charge in [-0.2, -0.15) is 0 Å². The van der Waals surface area contributed by atoms with Crippen LogP contribution in [0.5, 0.6) is 0 Å². The van der Waals surface area contributed by atoms with Gasteiger partial charge >= 0.3 is 0 Å². The second-order valence-electron chi connectivity index (χ2n) is 9.13. The Kier molecular flexibility index (Phi) is 10.5. The number of halogens is 1. The average molecular weight is 447 g/mol. The molecule has 0 aliphatic heterocycles. The molecule has 3 heteroatoms. The van der Waals surface area contributed by atoms with Crippen LogP contribution in [0.3, 0.4) is 0 Å². The molecule has 3 aromatic rings. The Hall–Kier alpha value is -2.55. The number of benzene rings is 2. The highest BCUT2D eigenvalue weighted by Crippen LogP contribution is 2.23. The maximum atomic E-state index is 14.6. The van der Waals surface area contributed by atoms with Crippen molar-refractivity contribution in [1.29, 1.82) is 0 Å². The summed E-state index contributed by atoms with van der Waals surface area (Å²) in [7, 11) is 0. The van der Waals surface area contributed by atoms with E-state index in [0.29, 0.717) is 5.82 Å². The highest BCUT2D eigenvalue weighted by atomic mass is 19.1. The van der Waals surface area contributed by atoms with Crippen LogP contribution in [0.15, 0.2) is 54.9 Å². The van der Waals surface area contributed by atoms with Crippen LogP contribution in [0.2, 0.25) is 0 Å². The third kappa shape index (κ3) is 8.07. The number of hydrogen-bond acceptors (Lipinski definition) is 2. The van der Waals surface area contributed by atoms with E-state index in [1.807, 2.05) is 24.5 Å². The molecule has 0 fully saturated rings. The Labute approximate surface area is 199 Å². The second-order valence-corrected chi connectivity index (χ2v) is 9.13. The summed E-state index contributed by atoms with van der Waals surface area (Å²) < 4.78 is 14.6. The molecule has 1 heterocycles. The topological polar surface area (TPSA) is 25.8 Å². The first-order valence-corrected chi connectivity index (χ1v) is 12.9. The molecule has 2 nitrogen and oxygen atoms in total. The first-order chi connectivity index (χ1) is 16.2. The molecule has 0 radical (unpaired) electrons. The minimum Gasteiger partial charge on any atom is -0.236 e. The van der Waals surface area contributed by atoms with E-state index in [1.54, 1.807) is 6.07 Å². The van der Waals surface area contributed by atoms with E-state index in [4.69, 9.17) is 0 Å². The van der Waals surface area contributed by atoms with Crippen molar-refractivity contribution in [2.45, 2.75) is 90.9 Å². The van der Waals surface area contributed by atoms with Gasteiger partial charge in [0.2, 0.25) is 0 Å². The lowest BCUT2D eigenvalue weighted by Gasteiger charge is -2.07. The quantitative estimate of drug-likeness (QED) is 0.231. The van der Waals surface area contributed by atoms with Crippen LogP contribution in [0.1, 0.15) is 89.2 Å². The zero-order valence-corrected chi connectivity index (χ0v) is 20.5. The molecule has 0 aliphatic carbocycles. The summed E-state index contributed by atoms with van der Waals surface area (Å²) in [5, 5.41) is 0. The number of nitrogens with zero attached hydrogens (tertiary/aromatic N) is 2. The number of aromatic nitrogens is 2. The minimum atomic E-state index is -0.150. The third-order valence-electron chi connectivity index (χ3n) is 6.37. The molecule has 0 saturated carbocycles. The van der Waals surface area contributed by atoms with E-state index < -0.39 is 0 Å². The van der Waals surface area contributed by atoms with Crippen molar-refractivity contribution in [2.24, 2.45) is 0 Å². The lowest BCUT2D eigenvalue weighted by atomic mass is 10.0. The monoisotopic (exact) mass is 446 g/mol. The molecule has 0 saturated heterocycles. The van der Waals surface area contributed by atoms with Crippen LogP contribution in [0.4, 0.5) is 4.39 Å². The predicted molar refractivity (Wildman–Crippen MR) is 138 cm³/mol. The molecule has 0 aliphatic rings. The number of rotatable bonds is 14. The van der Waals surface area contributed by atoms with Crippen molar-refractivity contribution in [3.05, 3.63) is 71.8 Å². The van der Waals surface area contributed by atoms with Crippen LogP contribution >= 0.6 is 0 Å². The maximum absolute atomic E-state index is 14.6. The third-order valence-corrected chi connectivity index (χ3v) is 6.37. The van der Waals surface area contributed by atoms with Crippen LogP contribution in [-0.4, -0.2) is 9.97 Å². The van der Waals surface area contributed by atoms with Crippen molar-refractivity contribution in [3.8, 4) is 22.5 Å². The van der Waals surface area contributed by atoms with E-state index >= 15 is 0 Å². The Morgan fingerprint density at radius 1 is 0.606 bits per heavy atom. The molecule has 33 heavy (non-hydrogen) atoms. The summed E-state index contributed by atoms with van der Waals surface area (Å²) >= 11 is 0. The maximum Gasteiger partial charge on any atom is 0.159 e. The highest BCUT2D eigenvalue weighted by Gasteiger charge is 2.08. The standard InChI is InChI=1S/C30H39FN2/c1-3-5-7-9-10-12-14-26-19-20-27(21-29(26)31)30-32-22-28(23-33-30)25-17-15-24(16-18-25)13-11-8-6-4-2/h15-23H,3-14H2,1-2H3. The number of unbranched alkanes of at least 4 members (excludes halogenated alkanes) is 8. The van der Waals surface area contributed by atoms with Gasteiger partial charge in [0.25, 0.3) is 0 Å². The molecule has 0 unspecified atom stereocenters. The molecule has 2 aromatic carbocycles. The summed E-state index contributed by atoms with van der Waals surface area (Å²) in [4.78, 5) is 9.03. The van der Waals surface area contributed by atoms with Gasteiger partial charge in [-0.3, -0.25) is 0 Å². The van der Waals surface area contributed by atoms with E-state index in [0.717, 1.165) is 41.5 Å². The average Bonchev–Trinajstić information content (AvgIpc) is 2.85. The minimum absolute atomic E-state index is 0.150. The lowest BCUT2D eigenvalue weighted by molar-refractivity contribution is 0.580. The first-order valence-electron chi connectivity index (χ1n) is 12.9. The fourth-order valence-electron chi connectivity index (χ4n) is 4.23. The molecule has 1 aromatic heterocycles. The second kappa shape index (κ2) is 13.9. The normalized spacial score (nSPS) is 11.1. The SMILES string of the molecule is CCCCCCCCc1ccc(-c2ncc(-c3ccc(CCCCCC)cc3)cn2)cc1F. The summed E-state index contributed by atoms with van der Waals surface area (Å²) in [6.07, 6.45) is 18.0. The molecule has 0 amide bonds. The molecular weight excluding hydrogens is 407 g/mol. The van der Waals surface area contributed by atoms with Gasteiger partial charge < -0.3 is 0 Å². The van der Waals surface area contributed by atoms with Gasteiger partial charge in [-0.1, -0.05) is 102 Å². The van der Waals surface area contributed by atoms with Gasteiger partial charge in [-0.15, -0.1) is 0 Å². The number of hydrogen-bond donors (Lipinski definition) is 0. The fourth-order valence-corrected chi connectivity index (χ4v) is 4.23. The summed E-state index contributed by atoms with van der Waals surface area (Å²) in [5.41, 5.74) is 4.99. The smallest absolute Gasteiger partial charge is 0.159 e. The van der Waals surface area contributed by atoms with Crippen molar-refractivity contribution in [1.82, 2.24) is 9.97 Å². The fraction of sp³-hybridized carbons (Fsp3) is 0.467. The molecule has 3 rings (SSSR count). The molecule has 0 atom stereocenters. The van der Waals surface area contributed by atoms with Crippen LogP contribution in [-0.2, 0) is 12.8 Å². The van der Waals surface area contributed by atoms with Crippen molar-refractivity contribution < 1.29 is 4.39 Å². The van der Waals surface area contributed by atoms with Crippen molar-refractivity contribution in [2.75, 3.05) is 0 Å². The van der Waals surface area contributed by atoms with E-state index in [-0.39, 0.29) is 5.82 Å². The highest BCUT2D eigenvalue weighted by molar-refractivity contribution is 5.64. The van der Waals surface area contributed by atoms with Crippen molar-refractivity contribution >= 4 is 0 Å². The molecule has 176 valence electrons. The van der Waals surface area contributed by atoms with Gasteiger partial charge in [-0.25, -0.2) is 14.4 Å². The molecule has 0 spiro atoms. The molecule has 0 bridgehead atoms. The van der Waals surface area contributed by atoms with Crippen LogP contribution < -0.4 is 0 Å². The van der Waals surface area contributed by atoms with Crippen LogP contribution in [0.25, 0.3) is 22.5 Å². The summed E-state index contributed by atoms with van der Waals surface area (Å²) in [5.74, 6) is 0.416. The Balaban J connectivity index is 1.55. The first kappa shape index (κ1) is 25.1. The van der Waals surface area contributed by atoms with Gasteiger partial charge in [-0.05, 0) is 48.4 Å². The van der Waals surface area contributed by atoms with Gasteiger partial charge in [0, 0.05) is 23.5 Å². The largest absolute Gasteiger partial charge is 0.236 e. The molecule has 0 N–H and O–H groups in total. The Bertz CT molecular complexity index is 948. The van der Waals surface area contributed by atoms with E-state index in [1.165, 1.54) is 63.4 Å². The van der Waals surface area contributed by atoms with Gasteiger partial charge in [0.15, 0.2) is 5.82 Å². The zero-order chi connectivity index (χ0) is 23.3. The number of aryl methyl sites for hydroxylation is 2. The summed E-state index contributed by atoms with van der Waals surface area (Å²) in [6.45, 7) is 4.46. The van der Waals surface area contributed by atoms with Crippen LogP contribution in [0, 0.1) is 5.82 Å². The van der Waals surface area contributed by atoms with Gasteiger partial charge in [0.1, 0.15) is 5.82 Å². The molecular formula is C30H39FN2. The predicted octanol–water partition coefficient (Wildman–Crippen LogP) is 8.98. The Morgan fingerprint density at radius 3 is 1.85 bits per heavy atom. The lowest BCUT2D eigenvalue weighted by Crippen LogP contribution is -1.95. The zero-order valence-electron chi connectivity index (χ0n) is 20.5. The van der Waals surface area contributed by atoms with E-state index in [9.17, 15) is 4.39 Å². The van der Waals surface area contributed by atoms with Crippen molar-refractivity contribution in [3.63, 3.8) is 0 Å². The van der Waals surface area contributed by atoms with E-state index in [2.05, 4.69) is 48.1 Å². The summed E-state index contributed by atoms with van der Waals surface area (Å²) in [6, 6.07) is 14.1.